The third kappa shape index (κ3) is 3.70. The number of alkyl halides is 1. The molecule has 0 saturated carbocycles. The van der Waals surface area contributed by atoms with E-state index in [1.54, 1.807) is 12.1 Å². The van der Waals surface area contributed by atoms with Gasteiger partial charge in [0.05, 0.1) is 6.26 Å². The van der Waals surface area contributed by atoms with E-state index in [9.17, 15) is 4.79 Å². The van der Waals surface area contributed by atoms with Gasteiger partial charge in [0.1, 0.15) is 0 Å². The summed E-state index contributed by atoms with van der Waals surface area (Å²) in [5.74, 6) is 0.649. The molecule has 0 bridgehead atoms. The van der Waals surface area contributed by atoms with Gasteiger partial charge in [0.25, 0.3) is 5.91 Å². The fraction of sp³-hybridized carbons (Fsp3) is 0.545. The van der Waals surface area contributed by atoms with Crippen LogP contribution in [0.2, 0.25) is 0 Å². The van der Waals surface area contributed by atoms with Gasteiger partial charge >= 0.3 is 0 Å². The Morgan fingerprint density at radius 1 is 1.60 bits per heavy atom. The molecule has 1 N–H and O–H groups in total. The van der Waals surface area contributed by atoms with Crippen molar-refractivity contribution in [1.82, 2.24) is 5.32 Å². The molecule has 0 aliphatic carbocycles. The van der Waals surface area contributed by atoms with Gasteiger partial charge in [-0.25, -0.2) is 0 Å². The number of nitrogens with one attached hydrogen (secondary N) is 1. The molecule has 0 aliphatic heterocycles. The van der Waals surface area contributed by atoms with Gasteiger partial charge in [0.2, 0.25) is 0 Å². The highest BCUT2D eigenvalue weighted by Crippen LogP contribution is 2.09. The number of rotatable bonds is 5. The first-order chi connectivity index (χ1) is 7.15. The average molecular weight is 274 g/mol. The molecule has 0 spiro atoms. The van der Waals surface area contributed by atoms with E-state index < -0.39 is 0 Å². The first kappa shape index (κ1) is 12.3. The zero-order valence-electron chi connectivity index (χ0n) is 9.00. The smallest absolute Gasteiger partial charge is 0.287 e. The molecule has 0 radical (unpaired) electrons. The summed E-state index contributed by atoms with van der Waals surface area (Å²) in [4.78, 5) is 11.7. The Bertz CT molecular complexity index is 296. The van der Waals surface area contributed by atoms with Gasteiger partial charge in [-0.05, 0) is 24.5 Å². The summed E-state index contributed by atoms with van der Waals surface area (Å²) in [5.41, 5.74) is 0. The third-order valence-corrected chi connectivity index (χ3v) is 2.74. The number of carbonyl (C=O) groups is 1. The van der Waals surface area contributed by atoms with Crippen LogP contribution >= 0.6 is 15.9 Å². The summed E-state index contributed by atoms with van der Waals surface area (Å²) >= 11 is 3.38. The zero-order valence-corrected chi connectivity index (χ0v) is 10.6. The Labute approximate surface area is 98.4 Å². The molecule has 1 aromatic rings. The van der Waals surface area contributed by atoms with Crippen LogP contribution in [0.1, 0.15) is 30.8 Å². The van der Waals surface area contributed by atoms with Gasteiger partial charge in [0, 0.05) is 11.4 Å². The molecule has 1 amide bonds. The summed E-state index contributed by atoms with van der Waals surface area (Å²) in [6.07, 6.45) is 2.42. The minimum Gasteiger partial charge on any atom is -0.459 e. The van der Waals surface area contributed by atoms with Gasteiger partial charge in [-0.2, -0.15) is 0 Å². The minimum atomic E-state index is -0.139. The lowest BCUT2D eigenvalue weighted by molar-refractivity contribution is 0.0897. The van der Waals surface area contributed by atoms with E-state index >= 15 is 0 Å². The lowest BCUT2D eigenvalue weighted by Crippen LogP contribution is -2.38. The van der Waals surface area contributed by atoms with Crippen LogP contribution in [0.15, 0.2) is 22.8 Å². The van der Waals surface area contributed by atoms with Crippen LogP contribution in [-0.2, 0) is 0 Å². The second-order valence-electron chi connectivity index (χ2n) is 3.78. The molecule has 0 saturated heterocycles. The molecule has 84 valence electrons. The molecule has 1 heterocycles. The van der Waals surface area contributed by atoms with E-state index in [1.165, 1.54) is 6.26 Å². The highest BCUT2D eigenvalue weighted by atomic mass is 79.9. The van der Waals surface area contributed by atoms with Gasteiger partial charge in [-0.15, -0.1) is 0 Å². The van der Waals surface area contributed by atoms with Crippen LogP contribution in [0.4, 0.5) is 0 Å². The first-order valence-corrected chi connectivity index (χ1v) is 6.17. The molecular formula is C11H16BrNO2. The maximum absolute atomic E-state index is 11.7. The lowest BCUT2D eigenvalue weighted by Gasteiger charge is -2.20. The second-order valence-corrected chi connectivity index (χ2v) is 4.57. The average Bonchev–Trinajstić information content (AvgIpc) is 2.69. The maximum atomic E-state index is 11.7. The predicted octanol–water partition coefficient (Wildman–Crippen LogP) is 2.82. The molecule has 4 heteroatoms. The van der Waals surface area contributed by atoms with Crippen molar-refractivity contribution in [2.75, 3.05) is 5.33 Å². The van der Waals surface area contributed by atoms with Crippen molar-refractivity contribution in [3.8, 4) is 0 Å². The molecule has 0 fully saturated rings. The predicted molar refractivity (Wildman–Crippen MR) is 63.2 cm³/mol. The summed E-state index contributed by atoms with van der Waals surface area (Å²) in [6, 6.07) is 3.56. The van der Waals surface area contributed by atoms with Crippen molar-refractivity contribution in [3.05, 3.63) is 24.2 Å². The Morgan fingerprint density at radius 2 is 2.33 bits per heavy atom. The SMILES string of the molecule is CC(C)C(CCBr)NC(=O)c1ccco1. The van der Waals surface area contributed by atoms with E-state index in [0.29, 0.717) is 11.7 Å². The minimum absolute atomic E-state index is 0.139. The number of hydrogen-bond donors (Lipinski definition) is 1. The van der Waals surface area contributed by atoms with Crippen LogP contribution in [0, 0.1) is 5.92 Å². The highest BCUT2D eigenvalue weighted by Gasteiger charge is 2.17. The third-order valence-electron chi connectivity index (χ3n) is 2.29. The first-order valence-electron chi connectivity index (χ1n) is 5.05. The monoisotopic (exact) mass is 273 g/mol. The Morgan fingerprint density at radius 3 is 2.80 bits per heavy atom. The van der Waals surface area contributed by atoms with Crippen LogP contribution < -0.4 is 5.32 Å². The fourth-order valence-corrected chi connectivity index (χ4v) is 1.83. The molecular weight excluding hydrogens is 258 g/mol. The quantitative estimate of drug-likeness (QED) is 0.839. The summed E-state index contributed by atoms with van der Waals surface area (Å²) in [5, 5.41) is 3.84. The van der Waals surface area contributed by atoms with Crippen molar-refractivity contribution >= 4 is 21.8 Å². The lowest BCUT2D eigenvalue weighted by atomic mass is 10.0. The van der Waals surface area contributed by atoms with Crippen LogP contribution in [-0.4, -0.2) is 17.3 Å². The van der Waals surface area contributed by atoms with E-state index in [1.807, 2.05) is 0 Å². The van der Waals surface area contributed by atoms with Crippen molar-refractivity contribution in [2.45, 2.75) is 26.3 Å². The molecule has 1 aromatic heterocycles. The van der Waals surface area contributed by atoms with Gasteiger partial charge in [-0.3, -0.25) is 4.79 Å². The molecule has 1 rings (SSSR count). The number of amides is 1. The van der Waals surface area contributed by atoms with E-state index in [2.05, 4.69) is 35.1 Å². The van der Waals surface area contributed by atoms with Crippen molar-refractivity contribution in [2.24, 2.45) is 5.92 Å². The van der Waals surface area contributed by atoms with Gasteiger partial charge in [0.15, 0.2) is 5.76 Å². The van der Waals surface area contributed by atoms with Crippen LogP contribution in [0.25, 0.3) is 0 Å². The Balaban J connectivity index is 2.55. The summed E-state index contributed by atoms with van der Waals surface area (Å²) in [7, 11) is 0. The number of halogens is 1. The van der Waals surface area contributed by atoms with Gasteiger partial charge in [-0.1, -0.05) is 29.8 Å². The highest BCUT2D eigenvalue weighted by molar-refractivity contribution is 9.09. The Hall–Kier alpha value is -0.770. The van der Waals surface area contributed by atoms with Crippen molar-refractivity contribution in [1.29, 1.82) is 0 Å². The normalized spacial score (nSPS) is 12.8. The topological polar surface area (TPSA) is 42.2 Å². The largest absolute Gasteiger partial charge is 0.459 e. The zero-order chi connectivity index (χ0) is 11.3. The molecule has 0 aromatic carbocycles. The van der Waals surface area contributed by atoms with Gasteiger partial charge < -0.3 is 9.73 Å². The van der Waals surface area contributed by atoms with Crippen molar-refractivity contribution in [3.63, 3.8) is 0 Å². The Kier molecular flexibility index (Phi) is 4.88. The number of carbonyl (C=O) groups excluding carboxylic acids is 1. The van der Waals surface area contributed by atoms with Crippen LogP contribution in [0.3, 0.4) is 0 Å². The molecule has 3 nitrogen and oxygen atoms in total. The van der Waals surface area contributed by atoms with E-state index in [-0.39, 0.29) is 11.9 Å². The summed E-state index contributed by atoms with van der Waals surface area (Å²) < 4.78 is 5.03. The number of hydrogen-bond acceptors (Lipinski definition) is 2. The molecule has 1 unspecified atom stereocenters. The molecule has 1 atom stereocenters. The van der Waals surface area contributed by atoms with Crippen molar-refractivity contribution < 1.29 is 9.21 Å². The molecule has 0 aliphatic rings. The number of furan rings is 1. The second kappa shape index (κ2) is 5.95. The van der Waals surface area contributed by atoms with Crippen LogP contribution in [0.5, 0.6) is 0 Å². The molecule has 15 heavy (non-hydrogen) atoms. The fourth-order valence-electron chi connectivity index (χ4n) is 1.34. The maximum Gasteiger partial charge on any atom is 0.287 e. The summed E-state index contributed by atoms with van der Waals surface area (Å²) in [6.45, 7) is 4.19. The van der Waals surface area contributed by atoms with E-state index in [4.69, 9.17) is 4.42 Å². The van der Waals surface area contributed by atoms with E-state index in [0.717, 1.165) is 11.8 Å². The standard InChI is InChI=1S/C11H16BrNO2/c1-8(2)9(5-6-12)13-11(14)10-4-3-7-15-10/h3-4,7-9H,5-6H2,1-2H3,(H,13,14).